The lowest BCUT2D eigenvalue weighted by atomic mass is 10.0. The molecular formula is C31H29N5O5. The summed E-state index contributed by atoms with van der Waals surface area (Å²) in [4.78, 5) is 30.9. The smallest absolute Gasteiger partial charge is 0.269 e. The number of hydrogen-bond donors (Lipinski definition) is 0. The van der Waals surface area contributed by atoms with Crippen LogP contribution in [-0.2, 0) is 4.74 Å². The van der Waals surface area contributed by atoms with Gasteiger partial charge in [-0.15, -0.1) is 0 Å². The summed E-state index contributed by atoms with van der Waals surface area (Å²) in [5.74, 6) is 0.947. The molecule has 2 fully saturated rings. The normalized spacial score (nSPS) is 18.8. The Morgan fingerprint density at radius 1 is 0.683 bits per heavy atom. The average molecular weight is 552 g/mol. The molecule has 0 saturated carbocycles. The Balaban J connectivity index is 1.30. The monoisotopic (exact) mass is 551 g/mol. The van der Waals surface area contributed by atoms with Gasteiger partial charge in [0.25, 0.3) is 11.4 Å². The maximum Gasteiger partial charge on any atom is 0.269 e. The first-order chi connectivity index (χ1) is 20.0. The molecule has 10 nitrogen and oxygen atoms in total. The third kappa shape index (κ3) is 5.46. The van der Waals surface area contributed by atoms with Crippen LogP contribution in [-0.4, -0.2) is 41.1 Å². The van der Waals surface area contributed by atoms with Gasteiger partial charge in [-0.2, -0.15) is 0 Å². The van der Waals surface area contributed by atoms with Crippen molar-refractivity contribution >= 4 is 22.9 Å². The van der Waals surface area contributed by atoms with Gasteiger partial charge in [0.15, 0.2) is 0 Å². The van der Waals surface area contributed by atoms with Crippen molar-refractivity contribution in [2.24, 2.45) is 0 Å². The number of pyridine rings is 1. The van der Waals surface area contributed by atoms with Crippen LogP contribution >= 0.6 is 0 Å². The highest BCUT2D eigenvalue weighted by Crippen LogP contribution is 2.47. The molecule has 1 aromatic heterocycles. The van der Waals surface area contributed by atoms with E-state index in [1.54, 1.807) is 24.3 Å². The van der Waals surface area contributed by atoms with E-state index in [1.807, 2.05) is 36.5 Å². The van der Waals surface area contributed by atoms with E-state index in [-0.39, 0.29) is 23.5 Å². The number of aromatic nitrogens is 1. The molecule has 2 atom stereocenters. The van der Waals surface area contributed by atoms with Gasteiger partial charge >= 0.3 is 0 Å². The largest absolute Gasteiger partial charge is 0.378 e. The minimum atomic E-state index is -0.392. The SMILES string of the molecule is O=[N+]([O-])c1ccc(C2CCC(c3ccc([N+](=O)[O-])cc3)N2c2ccc(-c3ccc(N4CCOCC4)nc3)cc2)cc1. The molecule has 2 aliphatic rings. The fourth-order valence-electron chi connectivity index (χ4n) is 5.82. The van der Waals surface area contributed by atoms with Crippen molar-refractivity contribution in [3.05, 3.63) is 122 Å². The molecule has 4 aromatic rings. The predicted molar refractivity (Wildman–Crippen MR) is 156 cm³/mol. The first kappa shape index (κ1) is 26.4. The molecular weight excluding hydrogens is 522 g/mol. The summed E-state index contributed by atoms with van der Waals surface area (Å²) in [7, 11) is 0. The highest BCUT2D eigenvalue weighted by molar-refractivity contribution is 5.67. The standard InChI is InChI=1S/C31H29N5O5/c37-35(38)27-10-3-23(4-11-27)29-14-15-30(24-5-12-28(13-6-24)36(39)40)34(29)26-8-1-22(2-9-26)25-7-16-31(32-21-25)33-17-19-41-20-18-33/h1-13,16,21,29-30H,14-15,17-20H2. The van der Waals surface area contributed by atoms with Gasteiger partial charge in [-0.25, -0.2) is 4.98 Å². The van der Waals surface area contributed by atoms with Crippen molar-refractivity contribution in [1.29, 1.82) is 0 Å². The van der Waals surface area contributed by atoms with E-state index in [4.69, 9.17) is 4.74 Å². The zero-order chi connectivity index (χ0) is 28.3. The van der Waals surface area contributed by atoms with Gasteiger partial charge in [0.2, 0.25) is 0 Å². The zero-order valence-corrected chi connectivity index (χ0v) is 22.3. The number of anilines is 2. The molecule has 3 aromatic carbocycles. The van der Waals surface area contributed by atoms with Crippen molar-refractivity contribution in [3.8, 4) is 11.1 Å². The van der Waals surface area contributed by atoms with Crippen molar-refractivity contribution in [2.75, 3.05) is 36.1 Å². The molecule has 2 saturated heterocycles. The number of nitro groups is 2. The molecule has 0 amide bonds. The Bertz CT molecular complexity index is 1450. The molecule has 0 N–H and O–H groups in total. The van der Waals surface area contributed by atoms with Crippen LogP contribution in [0, 0.1) is 20.2 Å². The second-order valence-corrected chi connectivity index (χ2v) is 10.3. The van der Waals surface area contributed by atoms with Crippen molar-refractivity contribution < 1.29 is 14.6 Å². The molecule has 41 heavy (non-hydrogen) atoms. The summed E-state index contributed by atoms with van der Waals surface area (Å²) in [6, 6.07) is 25.9. The summed E-state index contributed by atoms with van der Waals surface area (Å²) in [5.41, 5.74) is 5.18. The molecule has 2 unspecified atom stereocenters. The molecule has 0 spiro atoms. The van der Waals surface area contributed by atoms with E-state index in [0.29, 0.717) is 13.2 Å². The first-order valence-electron chi connectivity index (χ1n) is 13.6. The second-order valence-electron chi connectivity index (χ2n) is 10.3. The fourth-order valence-corrected chi connectivity index (χ4v) is 5.82. The molecule has 0 bridgehead atoms. The van der Waals surface area contributed by atoms with E-state index >= 15 is 0 Å². The van der Waals surface area contributed by atoms with Crippen molar-refractivity contribution in [2.45, 2.75) is 24.9 Å². The van der Waals surface area contributed by atoms with Crippen molar-refractivity contribution in [1.82, 2.24) is 4.98 Å². The van der Waals surface area contributed by atoms with E-state index in [2.05, 4.69) is 45.1 Å². The number of nitro benzene ring substituents is 2. The molecule has 10 heteroatoms. The zero-order valence-electron chi connectivity index (χ0n) is 22.3. The molecule has 0 radical (unpaired) electrons. The van der Waals surface area contributed by atoms with Crippen LogP contribution in [0.4, 0.5) is 22.9 Å². The number of rotatable bonds is 7. The number of morpholine rings is 1. The van der Waals surface area contributed by atoms with Crippen LogP contribution in [0.5, 0.6) is 0 Å². The van der Waals surface area contributed by atoms with Crippen LogP contribution in [0.25, 0.3) is 11.1 Å². The Hall–Kier alpha value is -4.83. The van der Waals surface area contributed by atoms with Crippen LogP contribution in [0.2, 0.25) is 0 Å². The summed E-state index contributed by atoms with van der Waals surface area (Å²) in [6.45, 7) is 3.09. The van der Waals surface area contributed by atoms with E-state index in [0.717, 1.165) is 59.7 Å². The van der Waals surface area contributed by atoms with Gasteiger partial charge in [0, 0.05) is 54.8 Å². The van der Waals surface area contributed by atoms with Crippen LogP contribution in [0.1, 0.15) is 36.1 Å². The topological polar surface area (TPSA) is 115 Å². The highest BCUT2D eigenvalue weighted by Gasteiger charge is 2.36. The summed E-state index contributed by atoms with van der Waals surface area (Å²) < 4.78 is 5.44. The van der Waals surface area contributed by atoms with E-state index in [9.17, 15) is 20.2 Å². The maximum atomic E-state index is 11.2. The Labute approximate surface area is 237 Å². The summed E-state index contributed by atoms with van der Waals surface area (Å²) >= 11 is 0. The van der Waals surface area contributed by atoms with E-state index in [1.165, 1.54) is 0 Å². The van der Waals surface area contributed by atoms with Gasteiger partial charge in [0.05, 0.1) is 35.1 Å². The third-order valence-electron chi connectivity index (χ3n) is 7.94. The minimum Gasteiger partial charge on any atom is -0.378 e. The summed E-state index contributed by atoms with van der Waals surface area (Å²) in [5, 5.41) is 22.4. The van der Waals surface area contributed by atoms with Crippen molar-refractivity contribution in [3.63, 3.8) is 0 Å². The Kier molecular flexibility index (Phi) is 7.30. The van der Waals surface area contributed by atoms with E-state index < -0.39 is 9.85 Å². The highest BCUT2D eigenvalue weighted by atomic mass is 16.6. The fraction of sp³-hybridized carbons (Fsp3) is 0.258. The molecule has 2 aliphatic heterocycles. The van der Waals surface area contributed by atoms with Gasteiger partial charge in [0.1, 0.15) is 5.82 Å². The number of non-ortho nitro benzene ring substituents is 2. The number of ether oxygens (including phenoxy) is 1. The molecule has 6 rings (SSSR count). The van der Waals surface area contributed by atoms with Gasteiger partial charge in [-0.3, -0.25) is 20.2 Å². The lowest BCUT2D eigenvalue weighted by Crippen LogP contribution is -2.36. The molecule has 3 heterocycles. The second kappa shape index (κ2) is 11.3. The number of hydrogen-bond acceptors (Lipinski definition) is 8. The first-order valence-corrected chi connectivity index (χ1v) is 13.6. The molecule has 208 valence electrons. The van der Waals surface area contributed by atoms with Gasteiger partial charge in [-0.05, 0) is 53.8 Å². The molecule has 0 aliphatic carbocycles. The van der Waals surface area contributed by atoms with Gasteiger partial charge in [-0.1, -0.05) is 36.4 Å². The van der Waals surface area contributed by atoms with Crippen LogP contribution in [0.3, 0.4) is 0 Å². The van der Waals surface area contributed by atoms with Gasteiger partial charge < -0.3 is 14.5 Å². The van der Waals surface area contributed by atoms with Crippen LogP contribution in [0.15, 0.2) is 91.1 Å². The minimum absolute atomic E-state index is 0.00341. The third-order valence-corrected chi connectivity index (χ3v) is 7.94. The maximum absolute atomic E-state index is 11.2. The Morgan fingerprint density at radius 2 is 1.20 bits per heavy atom. The predicted octanol–water partition coefficient (Wildman–Crippen LogP) is 6.48. The quantitative estimate of drug-likeness (QED) is 0.189. The lowest BCUT2D eigenvalue weighted by molar-refractivity contribution is -0.385. The lowest BCUT2D eigenvalue weighted by Gasteiger charge is -2.33. The number of nitrogens with zero attached hydrogens (tertiary/aromatic N) is 5. The van der Waals surface area contributed by atoms with Crippen LogP contribution < -0.4 is 9.80 Å². The number of benzene rings is 3. The Morgan fingerprint density at radius 3 is 1.66 bits per heavy atom. The average Bonchev–Trinajstić information content (AvgIpc) is 3.47. The summed E-state index contributed by atoms with van der Waals surface area (Å²) in [6.07, 6.45) is 3.58.